The van der Waals surface area contributed by atoms with Crippen LogP contribution in [0, 0.1) is 24.7 Å². The van der Waals surface area contributed by atoms with Gasteiger partial charge in [0.15, 0.2) is 11.5 Å². The molecule has 8 heteroatoms. The van der Waals surface area contributed by atoms with Gasteiger partial charge in [-0.05, 0) is 92.5 Å². The van der Waals surface area contributed by atoms with E-state index in [4.69, 9.17) is 18.8 Å². The fourth-order valence-electron chi connectivity index (χ4n) is 7.65. The molecule has 0 saturated heterocycles. The van der Waals surface area contributed by atoms with Crippen molar-refractivity contribution >= 4 is 33.6 Å². The van der Waals surface area contributed by atoms with Crippen molar-refractivity contribution in [3.05, 3.63) is 108 Å². The second kappa shape index (κ2) is 12.1. The molecule has 0 aliphatic heterocycles. The van der Waals surface area contributed by atoms with E-state index in [1.165, 1.54) is 0 Å². The van der Waals surface area contributed by atoms with Crippen LogP contribution in [0.3, 0.4) is 0 Å². The molecule has 2 aromatic carbocycles. The van der Waals surface area contributed by atoms with E-state index in [-0.39, 0.29) is 28.7 Å². The van der Waals surface area contributed by atoms with Crippen LogP contribution in [-0.2, 0) is 0 Å². The standard InChI is InChI=1S/C40H40N4O4/c1-24-14-16-35(47-24)33-18-29(27-10-6-8-12-31(27)43-33)37(45)41-23-40(5)21-26(20-39(3,4)22-40)42-38(46)30-19-34(36-17-15-25(2)48-36)44-32-13-9-7-11-28(30)32/h6-19,26H,20-23H2,1-5H3,(H,41,45)(H,42,46). The minimum absolute atomic E-state index is 0.0550. The van der Waals surface area contributed by atoms with Gasteiger partial charge in [0.1, 0.15) is 22.9 Å². The molecule has 1 aliphatic rings. The van der Waals surface area contributed by atoms with Gasteiger partial charge in [-0.1, -0.05) is 57.2 Å². The predicted molar refractivity (Wildman–Crippen MR) is 188 cm³/mol. The van der Waals surface area contributed by atoms with Crippen molar-refractivity contribution < 1.29 is 18.4 Å². The molecule has 4 heterocycles. The van der Waals surface area contributed by atoms with Gasteiger partial charge in [0.2, 0.25) is 0 Å². The summed E-state index contributed by atoms with van der Waals surface area (Å²) >= 11 is 0. The summed E-state index contributed by atoms with van der Waals surface area (Å²) in [6, 6.07) is 26.4. The smallest absolute Gasteiger partial charge is 0.252 e. The van der Waals surface area contributed by atoms with Crippen LogP contribution in [0.2, 0.25) is 0 Å². The Hall–Kier alpha value is -5.24. The summed E-state index contributed by atoms with van der Waals surface area (Å²) in [6.45, 7) is 10.9. The first-order chi connectivity index (χ1) is 23.0. The fourth-order valence-corrected chi connectivity index (χ4v) is 7.65. The first-order valence-corrected chi connectivity index (χ1v) is 16.5. The van der Waals surface area contributed by atoms with Crippen LogP contribution in [-0.4, -0.2) is 34.4 Å². The number of hydrogen-bond acceptors (Lipinski definition) is 6. The van der Waals surface area contributed by atoms with Crippen LogP contribution in [0.5, 0.6) is 0 Å². The molecule has 0 radical (unpaired) electrons. The van der Waals surface area contributed by atoms with Gasteiger partial charge in [-0.2, -0.15) is 0 Å². The average molecular weight is 641 g/mol. The van der Waals surface area contributed by atoms with Crippen LogP contribution in [0.4, 0.5) is 0 Å². The molecule has 244 valence electrons. The Morgan fingerprint density at radius 2 is 1.25 bits per heavy atom. The topological polar surface area (TPSA) is 110 Å². The molecule has 8 nitrogen and oxygen atoms in total. The number of hydrogen-bond donors (Lipinski definition) is 2. The molecule has 1 fully saturated rings. The number of para-hydroxylation sites is 2. The lowest BCUT2D eigenvalue weighted by atomic mass is 9.62. The molecular weight excluding hydrogens is 600 g/mol. The second-order valence-electron chi connectivity index (χ2n) is 14.4. The molecule has 2 N–H and O–H groups in total. The van der Waals surface area contributed by atoms with E-state index in [0.29, 0.717) is 40.6 Å². The van der Waals surface area contributed by atoms with Gasteiger partial charge in [-0.25, -0.2) is 9.97 Å². The molecule has 4 aromatic heterocycles. The number of aryl methyl sites for hydroxylation is 2. The molecule has 6 aromatic rings. The maximum absolute atomic E-state index is 14.0. The van der Waals surface area contributed by atoms with Crippen molar-refractivity contribution in [1.82, 2.24) is 20.6 Å². The Labute approximate surface area is 280 Å². The summed E-state index contributed by atoms with van der Waals surface area (Å²) in [7, 11) is 0. The number of carbonyl (C=O) groups excluding carboxylic acids is 2. The number of nitrogens with zero attached hydrogens (tertiary/aromatic N) is 2. The van der Waals surface area contributed by atoms with Gasteiger partial charge in [-0.15, -0.1) is 0 Å². The summed E-state index contributed by atoms with van der Waals surface area (Å²) in [6.07, 6.45) is 2.46. The zero-order valence-electron chi connectivity index (χ0n) is 28.0. The van der Waals surface area contributed by atoms with E-state index in [2.05, 4.69) is 31.4 Å². The molecule has 0 spiro atoms. The summed E-state index contributed by atoms with van der Waals surface area (Å²) in [5.74, 6) is 2.52. The largest absolute Gasteiger partial charge is 0.460 e. The maximum atomic E-state index is 14.0. The highest BCUT2D eigenvalue weighted by atomic mass is 16.3. The lowest BCUT2D eigenvalue weighted by molar-refractivity contribution is 0.0593. The average Bonchev–Trinajstić information content (AvgIpc) is 3.69. The number of furan rings is 2. The molecule has 1 aliphatic carbocycles. The normalized spacial score (nSPS) is 19.0. The molecule has 1 saturated carbocycles. The first kappa shape index (κ1) is 31.4. The lowest BCUT2D eigenvalue weighted by Gasteiger charge is -2.47. The SMILES string of the molecule is Cc1ccc(-c2cc(C(=O)NCC3(C)CC(NC(=O)c4cc(-c5ccc(C)o5)nc5ccccc45)CC(C)(C)C3)c3ccccc3n2)o1. The molecule has 2 amide bonds. The fraction of sp³-hybridized carbons (Fsp3) is 0.300. The van der Waals surface area contributed by atoms with E-state index in [1.807, 2.05) is 98.8 Å². The number of amides is 2. The Bertz CT molecular complexity index is 2180. The van der Waals surface area contributed by atoms with Gasteiger partial charge in [0.25, 0.3) is 11.8 Å². The number of fused-ring (bicyclic) bond motifs is 2. The molecule has 2 unspecified atom stereocenters. The third kappa shape index (κ3) is 6.35. The van der Waals surface area contributed by atoms with Crippen LogP contribution in [0.25, 0.3) is 44.7 Å². The number of nitrogens with one attached hydrogen (secondary N) is 2. The number of aromatic nitrogens is 2. The molecule has 7 rings (SSSR count). The Morgan fingerprint density at radius 1 is 0.729 bits per heavy atom. The third-order valence-electron chi connectivity index (χ3n) is 9.36. The number of benzene rings is 2. The van der Waals surface area contributed by atoms with E-state index in [0.717, 1.165) is 52.6 Å². The monoisotopic (exact) mass is 640 g/mol. The third-order valence-corrected chi connectivity index (χ3v) is 9.36. The van der Waals surface area contributed by atoms with Crippen molar-refractivity contribution in [2.24, 2.45) is 10.8 Å². The van der Waals surface area contributed by atoms with Crippen molar-refractivity contribution in [3.8, 4) is 22.9 Å². The minimum atomic E-state index is -0.254. The van der Waals surface area contributed by atoms with E-state index >= 15 is 0 Å². The Kier molecular flexibility index (Phi) is 7.90. The van der Waals surface area contributed by atoms with Gasteiger partial charge in [0, 0.05) is 23.4 Å². The Balaban J connectivity index is 1.12. The quantitative estimate of drug-likeness (QED) is 0.181. The van der Waals surface area contributed by atoms with Crippen molar-refractivity contribution in [2.45, 2.75) is 59.9 Å². The van der Waals surface area contributed by atoms with Crippen LogP contribution >= 0.6 is 0 Å². The molecule has 48 heavy (non-hydrogen) atoms. The maximum Gasteiger partial charge on any atom is 0.252 e. The summed E-state index contributed by atoms with van der Waals surface area (Å²) in [5.41, 5.74) is 3.52. The zero-order valence-corrected chi connectivity index (χ0v) is 28.0. The lowest BCUT2D eigenvalue weighted by Crippen LogP contribution is -2.50. The summed E-state index contributed by atoms with van der Waals surface area (Å²) in [4.78, 5) is 37.4. The van der Waals surface area contributed by atoms with Crippen molar-refractivity contribution in [3.63, 3.8) is 0 Å². The van der Waals surface area contributed by atoms with Crippen LogP contribution in [0.15, 0.2) is 93.8 Å². The summed E-state index contributed by atoms with van der Waals surface area (Å²) in [5, 5.41) is 8.20. The van der Waals surface area contributed by atoms with Gasteiger partial charge >= 0.3 is 0 Å². The van der Waals surface area contributed by atoms with Crippen LogP contribution < -0.4 is 10.6 Å². The van der Waals surface area contributed by atoms with E-state index < -0.39 is 0 Å². The highest BCUT2D eigenvalue weighted by Crippen LogP contribution is 2.46. The molecule has 2 atom stereocenters. The minimum Gasteiger partial charge on any atom is -0.460 e. The first-order valence-electron chi connectivity index (χ1n) is 16.5. The second-order valence-corrected chi connectivity index (χ2v) is 14.4. The van der Waals surface area contributed by atoms with E-state index in [9.17, 15) is 9.59 Å². The molecule has 0 bridgehead atoms. The highest BCUT2D eigenvalue weighted by Gasteiger charge is 2.42. The van der Waals surface area contributed by atoms with Crippen LogP contribution in [0.1, 0.15) is 72.3 Å². The van der Waals surface area contributed by atoms with Crippen molar-refractivity contribution in [1.29, 1.82) is 0 Å². The predicted octanol–water partition coefficient (Wildman–Crippen LogP) is 8.66. The number of pyridine rings is 2. The summed E-state index contributed by atoms with van der Waals surface area (Å²) < 4.78 is 11.7. The number of rotatable bonds is 7. The number of carbonyl (C=O) groups is 2. The zero-order chi connectivity index (χ0) is 33.6. The van der Waals surface area contributed by atoms with Gasteiger partial charge in [-0.3, -0.25) is 9.59 Å². The highest BCUT2D eigenvalue weighted by molar-refractivity contribution is 6.08. The van der Waals surface area contributed by atoms with Gasteiger partial charge in [0.05, 0.1) is 22.2 Å². The molecular formula is C40H40N4O4. The van der Waals surface area contributed by atoms with Gasteiger partial charge < -0.3 is 19.5 Å². The van der Waals surface area contributed by atoms with Crippen molar-refractivity contribution in [2.75, 3.05) is 6.54 Å². The van der Waals surface area contributed by atoms with E-state index in [1.54, 1.807) is 0 Å². The Morgan fingerprint density at radius 3 is 1.77 bits per heavy atom.